The van der Waals surface area contributed by atoms with Crippen LogP contribution in [0.1, 0.15) is 15.9 Å². The van der Waals surface area contributed by atoms with Crippen molar-refractivity contribution in [2.75, 3.05) is 11.9 Å². The Morgan fingerprint density at radius 1 is 1.18 bits per heavy atom. The number of ether oxygens (including phenoxy) is 1. The summed E-state index contributed by atoms with van der Waals surface area (Å²) in [6, 6.07) is 11.2. The maximum Gasteiger partial charge on any atom is 0.262 e. The summed E-state index contributed by atoms with van der Waals surface area (Å²) in [7, 11) is 0. The number of anilines is 1. The third-order valence-electron chi connectivity index (χ3n) is 2.85. The molecule has 0 saturated carbocycles. The topological polar surface area (TPSA) is 78.5 Å². The highest BCUT2D eigenvalue weighted by atomic mass is 35.5. The van der Waals surface area contributed by atoms with E-state index in [1.165, 1.54) is 12.1 Å². The Morgan fingerprint density at radius 3 is 2.50 bits per heavy atom. The molecule has 6 heteroatoms. The van der Waals surface area contributed by atoms with E-state index in [0.717, 1.165) is 5.56 Å². The number of hydrogen-bond donors (Lipinski definition) is 1. The fourth-order valence-electron chi connectivity index (χ4n) is 1.80. The van der Waals surface area contributed by atoms with Gasteiger partial charge in [0, 0.05) is 16.3 Å². The molecular formula is C16H13ClNO4-. The van der Waals surface area contributed by atoms with Gasteiger partial charge in [-0.3, -0.25) is 4.79 Å². The van der Waals surface area contributed by atoms with Crippen LogP contribution in [0, 0.1) is 6.92 Å². The van der Waals surface area contributed by atoms with Crippen molar-refractivity contribution in [3.05, 3.63) is 58.6 Å². The van der Waals surface area contributed by atoms with Crippen LogP contribution in [-0.2, 0) is 4.79 Å². The second-order valence-electron chi connectivity index (χ2n) is 4.63. The highest BCUT2D eigenvalue weighted by Gasteiger charge is 2.09. The molecule has 114 valence electrons. The molecule has 0 saturated heterocycles. The molecule has 0 spiro atoms. The van der Waals surface area contributed by atoms with Gasteiger partial charge in [0.2, 0.25) is 0 Å². The Balaban J connectivity index is 2.00. The van der Waals surface area contributed by atoms with Crippen LogP contribution in [0.15, 0.2) is 42.5 Å². The minimum absolute atomic E-state index is 0.0696. The molecule has 0 aromatic heterocycles. The van der Waals surface area contributed by atoms with Gasteiger partial charge in [-0.05, 0) is 43.3 Å². The van der Waals surface area contributed by atoms with Gasteiger partial charge in [0.25, 0.3) is 5.91 Å². The summed E-state index contributed by atoms with van der Waals surface area (Å²) in [4.78, 5) is 22.9. The number of aromatic carboxylic acids is 1. The van der Waals surface area contributed by atoms with Crippen molar-refractivity contribution < 1.29 is 19.4 Å². The first-order chi connectivity index (χ1) is 10.5. The quantitative estimate of drug-likeness (QED) is 0.915. The van der Waals surface area contributed by atoms with E-state index in [-0.39, 0.29) is 17.9 Å². The number of halogens is 1. The fourth-order valence-corrected chi connectivity index (χ4v) is 1.93. The molecule has 0 radical (unpaired) electrons. The lowest BCUT2D eigenvalue weighted by molar-refractivity contribution is -0.254. The van der Waals surface area contributed by atoms with Crippen LogP contribution < -0.4 is 15.2 Å². The molecular weight excluding hydrogens is 306 g/mol. The van der Waals surface area contributed by atoms with Gasteiger partial charge < -0.3 is 20.0 Å². The molecule has 2 aromatic rings. The normalized spacial score (nSPS) is 10.1. The van der Waals surface area contributed by atoms with Gasteiger partial charge in [-0.15, -0.1) is 0 Å². The third-order valence-corrected chi connectivity index (χ3v) is 3.10. The highest BCUT2D eigenvalue weighted by molar-refractivity contribution is 6.30. The molecule has 5 nitrogen and oxygen atoms in total. The van der Waals surface area contributed by atoms with Crippen LogP contribution in [0.3, 0.4) is 0 Å². The Bertz CT molecular complexity index is 698. The van der Waals surface area contributed by atoms with E-state index in [1.807, 2.05) is 0 Å². The summed E-state index contributed by atoms with van der Waals surface area (Å²) >= 11 is 5.75. The van der Waals surface area contributed by atoms with Crippen LogP contribution in [0.4, 0.5) is 5.69 Å². The smallest absolute Gasteiger partial charge is 0.262 e. The van der Waals surface area contributed by atoms with Gasteiger partial charge >= 0.3 is 0 Å². The fraction of sp³-hybridized carbons (Fsp3) is 0.125. The van der Waals surface area contributed by atoms with Crippen LogP contribution in [0.2, 0.25) is 5.02 Å². The van der Waals surface area contributed by atoms with Gasteiger partial charge in [0.15, 0.2) is 6.61 Å². The molecule has 22 heavy (non-hydrogen) atoms. The number of carboxylic acids is 1. The second-order valence-corrected chi connectivity index (χ2v) is 5.06. The zero-order chi connectivity index (χ0) is 16.1. The number of carbonyl (C=O) groups is 2. The van der Waals surface area contributed by atoms with E-state index in [9.17, 15) is 14.7 Å². The molecule has 1 amide bonds. The molecule has 0 aliphatic carbocycles. The molecule has 2 rings (SSSR count). The third kappa shape index (κ3) is 4.23. The SMILES string of the molecule is Cc1ccc(NC(=O)COc2ccc(Cl)cc2)c(C(=O)[O-])c1. The maximum absolute atomic E-state index is 11.8. The lowest BCUT2D eigenvalue weighted by atomic mass is 10.1. The number of nitrogens with one attached hydrogen (secondary N) is 1. The van der Waals surface area contributed by atoms with Crippen molar-refractivity contribution in [2.24, 2.45) is 0 Å². The molecule has 1 N–H and O–H groups in total. The van der Waals surface area contributed by atoms with Crippen LogP contribution >= 0.6 is 11.6 Å². The van der Waals surface area contributed by atoms with Gasteiger partial charge in [-0.1, -0.05) is 23.2 Å². The number of carbonyl (C=O) groups excluding carboxylic acids is 2. The molecule has 2 aromatic carbocycles. The van der Waals surface area contributed by atoms with Gasteiger partial charge in [-0.25, -0.2) is 0 Å². The van der Waals surface area contributed by atoms with Crippen LogP contribution in [0.25, 0.3) is 0 Å². The highest BCUT2D eigenvalue weighted by Crippen LogP contribution is 2.18. The minimum Gasteiger partial charge on any atom is -0.545 e. The predicted molar refractivity (Wildman–Crippen MR) is 81.1 cm³/mol. The second kappa shape index (κ2) is 6.95. The van der Waals surface area contributed by atoms with Crippen molar-refractivity contribution in [1.29, 1.82) is 0 Å². The first-order valence-corrected chi connectivity index (χ1v) is 6.84. The molecule has 0 bridgehead atoms. The summed E-state index contributed by atoms with van der Waals surface area (Å²) < 4.78 is 5.29. The van der Waals surface area contributed by atoms with E-state index < -0.39 is 11.9 Å². The summed E-state index contributed by atoms with van der Waals surface area (Å²) in [6.07, 6.45) is 0. The van der Waals surface area contributed by atoms with E-state index in [4.69, 9.17) is 16.3 Å². The van der Waals surface area contributed by atoms with Gasteiger partial charge in [0.05, 0.1) is 5.97 Å². The average Bonchev–Trinajstić information content (AvgIpc) is 2.48. The van der Waals surface area contributed by atoms with Crippen molar-refractivity contribution in [3.8, 4) is 5.75 Å². The zero-order valence-corrected chi connectivity index (χ0v) is 12.5. The maximum atomic E-state index is 11.8. The lowest BCUT2D eigenvalue weighted by Gasteiger charge is -2.13. The Kier molecular flexibility index (Phi) is 5.01. The number of carboxylic acid groups (broad SMARTS) is 1. The lowest BCUT2D eigenvalue weighted by Crippen LogP contribution is -2.26. The number of benzene rings is 2. The van der Waals surface area contributed by atoms with Crippen LogP contribution in [0.5, 0.6) is 5.75 Å². The van der Waals surface area contributed by atoms with Crippen molar-refractivity contribution >= 4 is 29.2 Å². The van der Waals surface area contributed by atoms with E-state index in [0.29, 0.717) is 10.8 Å². The summed E-state index contributed by atoms with van der Waals surface area (Å²) in [5, 5.41) is 14.1. The Labute approximate surface area is 132 Å². The number of hydrogen-bond acceptors (Lipinski definition) is 4. The summed E-state index contributed by atoms with van der Waals surface area (Å²) in [6.45, 7) is 1.50. The van der Waals surface area contributed by atoms with Gasteiger partial charge in [-0.2, -0.15) is 0 Å². The van der Waals surface area contributed by atoms with E-state index in [2.05, 4.69) is 5.32 Å². The summed E-state index contributed by atoms with van der Waals surface area (Å²) in [5.74, 6) is -1.33. The number of amides is 1. The molecule has 0 heterocycles. The largest absolute Gasteiger partial charge is 0.545 e. The molecule has 0 fully saturated rings. The standard InChI is InChI=1S/C16H14ClNO4/c1-10-2-7-14(13(8-10)16(20)21)18-15(19)9-22-12-5-3-11(17)4-6-12/h2-8H,9H2,1H3,(H,18,19)(H,20,21)/p-1. The summed E-state index contributed by atoms with van der Waals surface area (Å²) in [5.41, 5.74) is 0.866. The minimum atomic E-state index is -1.35. The van der Waals surface area contributed by atoms with E-state index >= 15 is 0 Å². The monoisotopic (exact) mass is 318 g/mol. The zero-order valence-electron chi connectivity index (χ0n) is 11.8. The average molecular weight is 319 g/mol. The molecule has 0 atom stereocenters. The van der Waals surface area contributed by atoms with Crippen LogP contribution in [-0.4, -0.2) is 18.5 Å². The first-order valence-electron chi connectivity index (χ1n) is 6.46. The number of aryl methyl sites for hydroxylation is 1. The molecule has 0 unspecified atom stereocenters. The molecule has 0 aliphatic heterocycles. The van der Waals surface area contributed by atoms with Crippen molar-refractivity contribution in [3.63, 3.8) is 0 Å². The molecule has 0 aliphatic rings. The van der Waals surface area contributed by atoms with Crippen molar-refractivity contribution in [1.82, 2.24) is 0 Å². The van der Waals surface area contributed by atoms with E-state index in [1.54, 1.807) is 37.3 Å². The first kappa shape index (κ1) is 15.9. The Hall–Kier alpha value is -2.53. The Morgan fingerprint density at radius 2 is 1.86 bits per heavy atom. The van der Waals surface area contributed by atoms with Gasteiger partial charge in [0.1, 0.15) is 5.75 Å². The van der Waals surface area contributed by atoms with Crippen molar-refractivity contribution in [2.45, 2.75) is 6.92 Å². The number of rotatable bonds is 5. The predicted octanol–water partition coefficient (Wildman–Crippen LogP) is 2.03.